The maximum absolute atomic E-state index is 16.3. The molecule has 0 saturated carbocycles. The number of aliphatic hydroxyl groups is 1. The van der Waals surface area contributed by atoms with Gasteiger partial charge in [-0.3, -0.25) is 9.97 Å². The molecule has 4 heterocycles. The van der Waals surface area contributed by atoms with Gasteiger partial charge in [-0.15, -0.1) is 0 Å². The van der Waals surface area contributed by atoms with E-state index in [0.717, 1.165) is 62.2 Å². The zero-order valence-electron chi connectivity index (χ0n) is 24.7. The van der Waals surface area contributed by atoms with Gasteiger partial charge in [-0.1, -0.05) is 36.4 Å². The van der Waals surface area contributed by atoms with E-state index in [-0.39, 0.29) is 0 Å². The van der Waals surface area contributed by atoms with Crippen molar-refractivity contribution in [3.63, 3.8) is 0 Å². The van der Waals surface area contributed by atoms with Crippen LogP contribution >= 0.6 is 0 Å². The quantitative estimate of drug-likeness (QED) is 0.229. The Hall–Kier alpha value is -5.11. The van der Waals surface area contributed by atoms with Gasteiger partial charge >= 0.3 is 11.6 Å². The molecule has 2 N–H and O–H groups in total. The van der Waals surface area contributed by atoms with E-state index < -0.39 is 47.0 Å². The van der Waals surface area contributed by atoms with Gasteiger partial charge < -0.3 is 14.9 Å². The molecule has 1 unspecified atom stereocenters. The molecule has 1 aliphatic heterocycles. The standard InChI is InChI=1S/C32H30F4N8O2/c1-31(44-30(46)39-40-41-44,25-4-2-3-5-26(25)34)32(35,36)29-13-8-22(19-38-29)21-6-9-23(10-7-21)42-14-16-43(17-15-42)24-11-12-27(37-20-24)28(45)18-33/h2-13,19-20,28,45H,14-18H2,1H3,(H,39,41,46)/t28?,31-/m1/s1. The first-order valence-corrected chi connectivity index (χ1v) is 14.5. The monoisotopic (exact) mass is 634 g/mol. The lowest BCUT2D eigenvalue weighted by Crippen LogP contribution is -2.52. The van der Waals surface area contributed by atoms with E-state index >= 15 is 8.78 Å². The average molecular weight is 635 g/mol. The second-order valence-corrected chi connectivity index (χ2v) is 11.1. The summed E-state index contributed by atoms with van der Waals surface area (Å²) in [7, 11) is 0. The minimum Gasteiger partial charge on any atom is -0.384 e. The van der Waals surface area contributed by atoms with E-state index in [0.29, 0.717) is 15.9 Å². The largest absolute Gasteiger partial charge is 0.384 e. The third kappa shape index (κ3) is 5.49. The van der Waals surface area contributed by atoms with E-state index in [2.05, 4.69) is 30.2 Å². The number of aliphatic hydroxyl groups excluding tert-OH is 1. The molecule has 0 bridgehead atoms. The first kappa shape index (κ1) is 30.9. The molecule has 6 rings (SSSR count). The molecule has 14 heteroatoms. The molecule has 0 aliphatic carbocycles. The molecule has 10 nitrogen and oxygen atoms in total. The van der Waals surface area contributed by atoms with Crippen molar-refractivity contribution in [3.8, 4) is 11.1 Å². The molecule has 3 aromatic heterocycles. The second-order valence-electron chi connectivity index (χ2n) is 11.1. The number of aromatic amines is 1. The highest BCUT2D eigenvalue weighted by Gasteiger charge is 2.58. The molecule has 46 heavy (non-hydrogen) atoms. The maximum Gasteiger partial charge on any atom is 0.362 e. The predicted octanol–water partition coefficient (Wildman–Crippen LogP) is 4.45. The molecule has 1 fully saturated rings. The fraction of sp³-hybridized carbons (Fsp3) is 0.281. The summed E-state index contributed by atoms with van der Waals surface area (Å²) < 4.78 is 60.6. The number of piperazine rings is 1. The topological polar surface area (TPSA) is 116 Å². The molecule has 2 atom stereocenters. The Morgan fingerprint density at radius 2 is 1.52 bits per heavy atom. The fourth-order valence-corrected chi connectivity index (χ4v) is 5.71. The Balaban J connectivity index is 1.17. The van der Waals surface area contributed by atoms with Crippen molar-refractivity contribution < 1.29 is 22.7 Å². The van der Waals surface area contributed by atoms with Crippen LogP contribution < -0.4 is 15.5 Å². The molecule has 238 valence electrons. The summed E-state index contributed by atoms with van der Waals surface area (Å²) in [6.45, 7) is 3.10. The zero-order chi connectivity index (χ0) is 32.5. The molecule has 1 aliphatic rings. The summed E-state index contributed by atoms with van der Waals surface area (Å²) in [5, 5.41) is 18.5. The van der Waals surface area contributed by atoms with Crippen LogP contribution in [0.1, 0.15) is 30.0 Å². The van der Waals surface area contributed by atoms with Gasteiger partial charge in [0, 0.05) is 49.2 Å². The van der Waals surface area contributed by atoms with Crippen LogP contribution in [0, 0.1) is 5.82 Å². The minimum atomic E-state index is -3.88. The number of anilines is 2. The van der Waals surface area contributed by atoms with Crippen LogP contribution in [-0.2, 0) is 11.5 Å². The average Bonchev–Trinajstić information content (AvgIpc) is 3.54. The van der Waals surface area contributed by atoms with Crippen LogP contribution in [0.4, 0.5) is 28.9 Å². The highest BCUT2D eigenvalue weighted by Crippen LogP contribution is 2.47. The van der Waals surface area contributed by atoms with Gasteiger partial charge in [0.05, 0.1) is 17.6 Å². The van der Waals surface area contributed by atoms with Crippen LogP contribution in [-0.4, -0.2) is 68.1 Å². The lowest BCUT2D eigenvalue weighted by molar-refractivity contribution is -0.104. The van der Waals surface area contributed by atoms with Crippen LogP contribution in [0.5, 0.6) is 0 Å². The number of rotatable bonds is 9. The summed E-state index contributed by atoms with van der Waals surface area (Å²) in [5.41, 5.74) is -1.17. The molecule has 2 aromatic carbocycles. The predicted molar refractivity (Wildman–Crippen MR) is 163 cm³/mol. The Bertz CT molecular complexity index is 1840. The van der Waals surface area contributed by atoms with Crippen molar-refractivity contribution in [3.05, 3.63) is 118 Å². The molecule has 5 aromatic rings. The number of alkyl halides is 3. The van der Waals surface area contributed by atoms with Crippen molar-refractivity contribution in [1.29, 1.82) is 0 Å². The number of H-pyrrole nitrogens is 1. The van der Waals surface area contributed by atoms with E-state index in [1.165, 1.54) is 30.5 Å². The number of benzene rings is 2. The van der Waals surface area contributed by atoms with E-state index in [9.17, 15) is 18.7 Å². The lowest BCUT2D eigenvalue weighted by atomic mass is 9.83. The Morgan fingerprint density at radius 1 is 0.870 bits per heavy atom. The number of nitrogens with one attached hydrogen (secondary N) is 1. The number of halogens is 4. The van der Waals surface area contributed by atoms with Crippen LogP contribution in [0.25, 0.3) is 11.1 Å². The summed E-state index contributed by atoms with van der Waals surface area (Å²) in [6, 6.07) is 18.8. The third-order valence-corrected chi connectivity index (χ3v) is 8.46. The van der Waals surface area contributed by atoms with Crippen molar-refractivity contribution in [1.82, 2.24) is 30.2 Å². The van der Waals surface area contributed by atoms with Gasteiger partial charge in [-0.2, -0.15) is 13.5 Å². The summed E-state index contributed by atoms with van der Waals surface area (Å²) in [4.78, 5) is 25.0. The van der Waals surface area contributed by atoms with E-state index in [4.69, 9.17) is 0 Å². The zero-order valence-corrected chi connectivity index (χ0v) is 24.7. The van der Waals surface area contributed by atoms with Gasteiger partial charge in [0.15, 0.2) is 5.54 Å². The summed E-state index contributed by atoms with van der Waals surface area (Å²) >= 11 is 0. The molecule has 0 amide bonds. The fourth-order valence-electron chi connectivity index (χ4n) is 5.71. The molecule has 0 radical (unpaired) electrons. The van der Waals surface area contributed by atoms with Crippen molar-refractivity contribution >= 4 is 11.4 Å². The number of hydrogen-bond acceptors (Lipinski definition) is 8. The molecule has 1 saturated heterocycles. The molecular weight excluding hydrogens is 604 g/mol. The van der Waals surface area contributed by atoms with Crippen molar-refractivity contribution in [2.45, 2.75) is 24.5 Å². The Labute approximate surface area is 260 Å². The smallest absolute Gasteiger partial charge is 0.362 e. The highest BCUT2D eigenvalue weighted by atomic mass is 19.3. The molecule has 0 spiro atoms. The van der Waals surface area contributed by atoms with Crippen molar-refractivity contribution in [2.24, 2.45) is 0 Å². The van der Waals surface area contributed by atoms with Gasteiger partial charge in [0.25, 0.3) is 0 Å². The van der Waals surface area contributed by atoms with Crippen LogP contribution in [0.2, 0.25) is 0 Å². The van der Waals surface area contributed by atoms with Crippen molar-refractivity contribution in [2.75, 3.05) is 42.7 Å². The Kier molecular flexibility index (Phi) is 8.30. The Morgan fingerprint density at radius 3 is 2.09 bits per heavy atom. The van der Waals surface area contributed by atoms with Crippen LogP contribution in [0.15, 0.2) is 90.0 Å². The van der Waals surface area contributed by atoms with Gasteiger partial charge in [0.2, 0.25) is 0 Å². The summed E-state index contributed by atoms with van der Waals surface area (Å²) in [5.74, 6) is -4.81. The van der Waals surface area contributed by atoms with Gasteiger partial charge in [-0.25, -0.2) is 18.7 Å². The summed E-state index contributed by atoms with van der Waals surface area (Å²) in [6.07, 6.45) is 1.74. The number of aromatic nitrogens is 6. The van der Waals surface area contributed by atoms with E-state index in [1.54, 1.807) is 12.3 Å². The normalized spacial score (nSPS) is 15.9. The third-order valence-electron chi connectivity index (χ3n) is 8.46. The number of pyridine rings is 2. The van der Waals surface area contributed by atoms with Gasteiger partial charge in [-0.05, 0) is 59.3 Å². The first-order valence-electron chi connectivity index (χ1n) is 14.5. The van der Waals surface area contributed by atoms with Crippen LogP contribution in [0.3, 0.4) is 0 Å². The number of tetrazole rings is 1. The highest BCUT2D eigenvalue weighted by molar-refractivity contribution is 5.66. The number of hydrogen-bond donors (Lipinski definition) is 2. The molecular formula is C32H30F4N8O2. The first-order chi connectivity index (χ1) is 22.1. The minimum absolute atomic E-state index is 0.299. The van der Waals surface area contributed by atoms with Gasteiger partial charge in [0.1, 0.15) is 24.3 Å². The van der Waals surface area contributed by atoms with E-state index in [1.807, 2.05) is 35.4 Å². The number of nitrogens with zero attached hydrogens (tertiary/aromatic N) is 7. The SMILES string of the molecule is C[C@](c1ccccc1F)(n1nn[nH]c1=O)C(F)(F)c1ccc(-c2ccc(N3CCN(c4ccc(C(O)CF)nc4)CC3)cc2)cn1. The lowest BCUT2D eigenvalue weighted by Gasteiger charge is -2.37. The maximum atomic E-state index is 16.3. The second kappa shape index (κ2) is 12.4.